The molecule has 20 heavy (non-hydrogen) atoms. The molecule has 3 amide bonds. The molecule has 0 aromatic heterocycles. The van der Waals surface area contributed by atoms with Gasteiger partial charge >= 0.3 is 12.0 Å². The maximum Gasteiger partial charge on any atom is 0.317 e. The molecular formula is C13H23N3O4. The highest BCUT2D eigenvalue weighted by atomic mass is 16.4. The Kier molecular flexibility index (Phi) is 4.97. The first-order valence-electron chi connectivity index (χ1n) is 6.67. The molecule has 2 atom stereocenters. The van der Waals surface area contributed by atoms with Crippen molar-refractivity contribution in [2.45, 2.75) is 33.2 Å². The molecule has 1 rings (SSSR count). The Labute approximate surface area is 118 Å². The highest BCUT2D eigenvalue weighted by molar-refractivity contribution is 5.85. The van der Waals surface area contributed by atoms with Crippen molar-refractivity contribution in [2.75, 3.05) is 19.6 Å². The monoisotopic (exact) mass is 285 g/mol. The summed E-state index contributed by atoms with van der Waals surface area (Å²) in [6, 6.07) is -0.398. The topological polar surface area (TPSA) is 98.7 Å². The number of likely N-dealkylation sites (tertiary alicyclic amines) is 1. The van der Waals surface area contributed by atoms with Crippen molar-refractivity contribution in [1.29, 1.82) is 0 Å². The van der Waals surface area contributed by atoms with Gasteiger partial charge in [0.2, 0.25) is 5.91 Å². The highest BCUT2D eigenvalue weighted by Crippen LogP contribution is 2.22. The minimum absolute atomic E-state index is 0.0818. The zero-order chi connectivity index (χ0) is 15.5. The molecule has 0 spiro atoms. The van der Waals surface area contributed by atoms with Crippen LogP contribution in [0.4, 0.5) is 4.79 Å². The molecule has 0 aromatic rings. The van der Waals surface area contributed by atoms with Crippen molar-refractivity contribution in [1.82, 2.24) is 15.5 Å². The van der Waals surface area contributed by atoms with Gasteiger partial charge in [-0.2, -0.15) is 0 Å². The smallest absolute Gasteiger partial charge is 0.317 e. The van der Waals surface area contributed by atoms with E-state index in [0.29, 0.717) is 6.54 Å². The maximum atomic E-state index is 11.9. The standard InChI is InChI=1S/C13H23N3O4/c1-8-6-16(7-9(8)11(18)19)12(20)14-5-10(17)15-13(2,3)4/h8-9H,5-7H2,1-4H3,(H,14,20)(H,15,17)(H,18,19). The van der Waals surface area contributed by atoms with E-state index in [1.54, 1.807) is 6.92 Å². The molecule has 1 aliphatic rings. The first-order chi connectivity index (χ1) is 9.10. The molecule has 3 N–H and O–H groups in total. The first-order valence-corrected chi connectivity index (χ1v) is 6.67. The third-order valence-corrected chi connectivity index (χ3v) is 3.13. The van der Waals surface area contributed by atoms with Crippen molar-refractivity contribution < 1.29 is 19.5 Å². The van der Waals surface area contributed by atoms with Gasteiger partial charge in [0.05, 0.1) is 12.5 Å². The Morgan fingerprint density at radius 2 is 1.85 bits per heavy atom. The minimum Gasteiger partial charge on any atom is -0.481 e. The van der Waals surface area contributed by atoms with E-state index < -0.39 is 17.9 Å². The lowest BCUT2D eigenvalue weighted by Crippen LogP contribution is -2.48. The SMILES string of the molecule is CC1CN(C(=O)NCC(=O)NC(C)(C)C)CC1C(=O)O. The molecule has 1 fully saturated rings. The van der Waals surface area contributed by atoms with Gasteiger partial charge < -0.3 is 20.6 Å². The normalized spacial score (nSPS) is 22.5. The van der Waals surface area contributed by atoms with Gasteiger partial charge in [-0.3, -0.25) is 9.59 Å². The van der Waals surface area contributed by atoms with E-state index >= 15 is 0 Å². The molecule has 1 saturated heterocycles. The molecule has 0 radical (unpaired) electrons. The Balaban J connectivity index is 2.41. The molecule has 7 nitrogen and oxygen atoms in total. The van der Waals surface area contributed by atoms with Gasteiger partial charge in [0, 0.05) is 18.6 Å². The minimum atomic E-state index is -0.890. The predicted molar refractivity (Wildman–Crippen MR) is 73.2 cm³/mol. The second-order valence-corrected chi connectivity index (χ2v) is 6.28. The fraction of sp³-hybridized carbons (Fsp3) is 0.769. The molecule has 0 saturated carbocycles. The Hall–Kier alpha value is -1.79. The average molecular weight is 285 g/mol. The quantitative estimate of drug-likeness (QED) is 0.693. The van der Waals surface area contributed by atoms with Crippen molar-refractivity contribution in [2.24, 2.45) is 11.8 Å². The van der Waals surface area contributed by atoms with Crippen molar-refractivity contribution in [3.63, 3.8) is 0 Å². The average Bonchev–Trinajstić information content (AvgIpc) is 2.66. The number of carbonyl (C=O) groups excluding carboxylic acids is 2. The number of nitrogens with zero attached hydrogens (tertiary/aromatic N) is 1. The van der Waals surface area contributed by atoms with E-state index in [2.05, 4.69) is 10.6 Å². The zero-order valence-electron chi connectivity index (χ0n) is 12.4. The number of carbonyl (C=O) groups is 3. The molecule has 7 heteroatoms. The summed E-state index contributed by atoms with van der Waals surface area (Å²) < 4.78 is 0. The van der Waals surface area contributed by atoms with Crippen LogP contribution >= 0.6 is 0 Å². The number of urea groups is 1. The zero-order valence-corrected chi connectivity index (χ0v) is 12.4. The van der Waals surface area contributed by atoms with Crippen LogP contribution in [0.15, 0.2) is 0 Å². The number of carboxylic acid groups (broad SMARTS) is 1. The van der Waals surface area contributed by atoms with E-state index in [9.17, 15) is 14.4 Å². The van der Waals surface area contributed by atoms with Crippen LogP contribution < -0.4 is 10.6 Å². The van der Waals surface area contributed by atoms with Crippen LogP contribution in [-0.4, -0.2) is 53.1 Å². The summed E-state index contributed by atoms with van der Waals surface area (Å²) in [7, 11) is 0. The van der Waals surface area contributed by atoms with Crippen molar-refractivity contribution >= 4 is 17.9 Å². The van der Waals surface area contributed by atoms with E-state index in [0.717, 1.165) is 0 Å². The number of carboxylic acids is 1. The van der Waals surface area contributed by atoms with Crippen LogP contribution in [0, 0.1) is 11.8 Å². The van der Waals surface area contributed by atoms with Crippen LogP contribution in [0.5, 0.6) is 0 Å². The van der Waals surface area contributed by atoms with Crippen LogP contribution in [0.3, 0.4) is 0 Å². The fourth-order valence-electron chi connectivity index (χ4n) is 2.18. The number of nitrogens with one attached hydrogen (secondary N) is 2. The number of rotatable bonds is 3. The summed E-state index contributed by atoms with van der Waals surface area (Å²) in [4.78, 5) is 35.9. The number of aliphatic carboxylic acids is 1. The van der Waals surface area contributed by atoms with E-state index in [-0.39, 0.29) is 30.5 Å². The fourth-order valence-corrected chi connectivity index (χ4v) is 2.18. The summed E-state index contributed by atoms with van der Waals surface area (Å²) in [5.74, 6) is -1.78. The van der Waals surface area contributed by atoms with Gasteiger partial charge in [-0.1, -0.05) is 6.92 Å². The number of hydrogen-bond acceptors (Lipinski definition) is 3. The third-order valence-electron chi connectivity index (χ3n) is 3.13. The van der Waals surface area contributed by atoms with E-state index in [4.69, 9.17) is 5.11 Å². The highest BCUT2D eigenvalue weighted by Gasteiger charge is 2.36. The molecular weight excluding hydrogens is 262 g/mol. The summed E-state index contributed by atoms with van der Waals surface area (Å²) in [6.45, 7) is 7.83. The van der Waals surface area contributed by atoms with Crippen LogP contribution in [-0.2, 0) is 9.59 Å². The van der Waals surface area contributed by atoms with Crippen LogP contribution in [0.2, 0.25) is 0 Å². The predicted octanol–water partition coefficient (Wildman–Crippen LogP) is 0.263. The summed E-state index contributed by atoms with van der Waals surface area (Å²) in [5.41, 5.74) is -0.349. The van der Waals surface area contributed by atoms with Gasteiger partial charge in [-0.05, 0) is 26.7 Å². The van der Waals surface area contributed by atoms with E-state index in [1.165, 1.54) is 4.90 Å². The first kappa shape index (κ1) is 16.3. The molecule has 1 heterocycles. The van der Waals surface area contributed by atoms with Gasteiger partial charge in [-0.25, -0.2) is 4.79 Å². The Morgan fingerprint density at radius 1 is 1.25 bits per heavy atom. The molecule has 0 aromatic carbocycles. The second-order valence-electron chi connectivity index (χ2n) is 6.28. The largest absolute Gasteiger partial charge is 0.481 e. The lowest BCUT2D eigenvalue weighted by molar-refractivity contribution is -0.142. The molecule has 1 aliphatic heterocycles. The van der Waals surface area contributed by atoms with E-state index in [1.807, 2.05) is 20.8 Å². The van der Waals surface area contributed by atoms with Gasteiger partial charge in [0.15, 0.2) is 0 Å². The Bertz CT molecular complexity index is 403. The number of hydrogen-bond donors (Lipinski definition) is 3. The molecule has 114 valence electrons. The number of amides is 3. The van der Waals surface area contributed by atoms with Crippen molar-refractivity contribution in [3.05, 3.63) is 0 Å². The summed E-state index contributed by atoms with van der Waals surface area (Å²) in [6.07, 6.45) is 0. The lowest BCUT2D eigenvalue weighted by Gasteiger charge is -2.21. The second kappa shape index (κ2) is 6.11. The Morgan fingerprint density at radius 3 is 2.30 bits per heavy atom. The van der Waals surface area contributed by atoms with Gasteiger partial charge in [0.25, 0.3) is 0 Å². The van der Waals surface area contributed by atoms with Gasteiger partial charge in [0.1, 0.15) is 0 Å². The lowest BCUT2D eigenvalue weighted by atomic mass is 9.99. The molecule has 0 bridgehead atoms. The molecule has 2 unspecified atom stereocenters. The summed E-state index contributed by atoms with van der Waals surface area (Å²) >= 11 is 0. The third kappa shape index (κ3) is 4.71. The molecule has 0 aliphatic carbocycles. The van der Waals surface area contributed by atoms with Gasteiger partial charge in [-0.15, -0.1) is 0 Å². The van der Waals surface area contributed by atoms with Crippen LogP contribution in [0.1, 0.15) is 27.7 Å². The maximum absolute atomic E-state index is 11.9. The summed E-state index contributed by atoms with van der Waals surface area (Å²) in [5, 5.41) is 14.3. The van der Waals surface area contributed by atoms with Crippen LogP contribution in [0.25, 0.3) is 0 Å². The van der Waals surface area contributed by atoms with Crippen molar-refractivity contribution in [3.8, 4) is 0 Å².